The maximum absolute atomic E-state index is 6.65. The van der Waals surface area contributed by atoms with Crippen LogP contribution in [0.3, 0.4) is 0 Å². The highest BCUT2D eigenvalue weighted by Crippen LogP contribution is 2.37. The predicted octanol–water partition coefficient (Wildman–Crippen LogP) is 8.35. The quantitative estimate of drug-likeness (QED) is 0.211. The molecular weight excluding hydrogens is 396 g/mol. The normalized spacial score (nSPS) is 12.7. The average Bonchev–Trinajstić information content (AvgIpc) is 3.47. The van der Waals surface area contributed by atoms with Gasteiger partial charge in [-0.2, -0.15) is 0 Å². The minimum Gasteiger partial charge on any atom is -0.466 e. The Morgan fingerprint density at radius 3 is 1.74 bits per heavy atom. The Hall–Kier alpha value is -3.04. The Kier molecular flexibility index (Phi) is 4.06. The van der Waals surface area contributed by atoms with Gasteiger partial charge in [0, 0.05) is 21.5 Å². The van der Waals surface area contributed by atoms with Crippen molar-refractivity contribution >= 4 is 67.7 Å². The van der Waals surface area contributed by atoms with Gasteiger partial charge in [0.05, 0.1) is 11.6 Å². The van der Waals surface area contributed by atoms with E-state index in [-0.39, 0.29) is 0 Å². The van der Waals surface area contributed by atoms with Crippen LogP contribution in [0, 0.1) is 0 Å². The summed E-state index contributed by atoms with van der Waals surface area (Å²) in [6.45, 7) is 7.00. The van der Waals surface area contributed by atoms with Crippen LogP contribution in [0.25, 0.3) is 54.3 Å². The molecule has 0 aliphatic carbocycles. The van der Waals surface area contributed by atoms with Crippen LogP contribution in [0.5, 0.6) is 0 Å². The van der Waals surface area contributed by atoms with Gasteiger partial charge in [-0.05, 0) is 45.8 Å². The highest BCUT2D eigenvalue weighted by atomic mass is 28.3. The molecule has 0 spiro atoms. The number of furan rings is 2. The lowest BCUT2D eigenvalue weighted by molar-refractivity contribution is 0.619. The molecule has 6 aromatic rings. The second-order valence-electron chi connectivity index (χ2n) is 8.76. The molecule has 0 radical (unpaired) electrons. The second-order valence-corrected chi connectivity index (χ2v) is 13.9. The SMILES string of the molecule is CC[Si](CC)(CC)c1cc2ccc3c4ccc5c(ccc6ccoc65)c4ccc3c2o1. The molecule has 0 amide bonds. The summed E-state index contributed by atoms with van der Waals surface area (Å²) in [4.78, 5) is 0. The van der Waals surface area contributed by atoms with Gasteiger partial charge in [0.25, 0.3) is 0 Å². The first-order chi connectivity index (χ1) is 15.2. The summed E-state index contributed by atoms with van der Waals surface area (Å²) in [7, 11) is -1.55. The molecule has 2 heterocycles. The number of fused-ring (bicyclic) bond motifs is 9. The van der Waals surface area contributed by atoms with Crippen LogP contribution in [-0.4, -0.2) is 8.07 Å². The van der Waals surface area contributed by atoms with E-state index in [1.165, 1.54) is 61.2 Å². The Labute approximate surface area is 182 Å². The van der Waals surface area contributed by atoms with Crippen molar-refractivity contribution in [2.45, 2.75) is 38.9 Å². The predicted molar refractivity (Wildman–Crippen MR) is 135 cm³/mol. The third-order valence-corrected chi connectivity index (χ3v) is 13.0. The van der Waals surface area contributed by atoms with Gasteiger partial charge >= 0.3 is 0 Å². The monoisotopic (exact) mass is 422 g/mol. The molecule has 0 fully saturated rings. The molecule has 0 N–H and O–H groups in total. The highest BCUT2D eigenvalue weighted by molar-refractivity contribution is 6.91. The molecule has 6 rings (SSSR count). The Bertz CT molecular complexity index is 1590. The third kappa shape index (κ3) is 2.50. The van der Waals surface area contributed by atoms with Crippen molar-refractivity contribution in [1.29, 1.82) is 0 Å². The van der Waals surface area contributed by atoms with E-state index in [0.29, 0.717) is 0 Å². The zero-order valence-corrected chi connectivity index (χ0v) is 19.3. The van der Waals surface area contributed by atoms with E-state index >= 15 is 0 Å². The molecule has 0 saturated heterocycles. The van der Waals surface area contributed by atoms with Gasteiger partial charge in [0.15, 0.2) is 0 Å². The Balaban J connectivity index is 1.66. The molecule has 0 unspecified atom stereocenters. The molecule has 0 saturated carbocycles. The molecule has 2 aromatic heterocycles. The summed E-state index contributed by atoms with van der Waals surface area (Å²) in [6, 6.07) is 25.8. The summed E-state index contributed by atoms with van der Waals surface area (Å²) in [5.41, 5.74) is 2.01. The number of hydrogen-bond acceptors (Lipinski definition) is 2. The zero-order chi connectivity index (χ0) is 21.2. The molecule has 0 bridgehead atoms. The van der Waals surface area contributed by atoms with Crippen molar-refractivity contribution in [2.75, 3.05) is 0 Å². The number of benzene rings is 4. The van der Waals surface area contributed by atoms with E-state index in [1.54, 1.807) is 6.26 Å². The van der Waals surface area contributed by atoms with Crippen molar-refractivity contribution in [2.24, 2.45) is 0 Å². The van der Waals surface area contributed by atoms with E-state index in [9.17, 15) is 0 Å². The topological polar surface area (TPSA) is 26.3 Å². The fraction of sp³-hybridized carbons (Fsp3) is 0.214. The number of rotatable bonds is 4. The largest absolute Gasteiger partial charge is 0.466 e. The summed E-state index contributed by atoms with van der Waals surface area (Å²) in [6.07, 6.45) is 1.77. The maximum atomic E-state index is 6.65. The molecule has 0 aliphatic heterocycles. The first-order valence-electron chi connectivity index (χ1n) is 11.4. The fourth-order valence-corrected chi connectivity index (χ4v) is 8.82. The minimum absolute atomic E-state index is 0.964. The van der Waals surface area contributed by atoms with E-state index < -0.39 is 8.07 Å². The van der Waals surface area contributed by atoms with Crippen molar-refractivity contribution in [1.82, 2.24) is 0 Å². The average molecular weight is 423 g/mol. The van der Waals surface area contributed by atoms with Crippen LogP contribution in [0.15, 0.2) is 75.8 Å². The molecule has 4 aromatic carbocycles. The summed E-state index contributed by atoms with van der Waals surface area (Å²) in [5.74, 6) is 0. The standard InChI is InChI=1S/C28H26O2Si/c1-4-31(5-2,6-3)26-17-19-8-10-23-21-11-13-24-22(9-7-18-15-16-29-27(18)24)20(21)12-14-25(23)28(19)30-26/h7-17H,4-6H2,1-3H3. The molecule has 154 valence electrons. The van der Waals surface area contributed by atoms with E-state index in [0.717, 1.165) is 16.6 Å². The van der Waals surface area contributed by atoms with Crippen molar-refractivity contribution in [3.05, 3.63) is 66.9 Å². The Morgan fingerprint density at radius 1 is 0.581 bits per heavy atom. The van der Waals surface area contributed by atoms with Crippen LogP contribution in [0.1, 0.15) is 20.8 Å². The van der Waals surface area contributed by atoms with Gasteiger partial charge in [-0.15, -0.1) is 0 Å². The minimum atomic E-state index is -1.55. The molecule has 3 heteroatoms. The lowest BCUT2D eigenvalue weighted by Gasteiger charge is -2.24. The van der Waals surface area contributed by atoms with Gasteiger partial charge in [-0.1, -0.05) is 75.3 Å². The van der Waals surface area contributed by atoms with E-state index in [4.69, 9.17) is 8.83 Å². The molecule has 0 aliphatic rings. The highest BCUT2D eigenvalue weighted by Gasteiger charge is 2.33. The van der Waals surface area contributed by atoms with Gasteiger partial charge in [-0.3, -0.25) is 0 Å². The first-order valence-corrected chi connectivity index (χ1v) is 14.0. The summed E-state index contributed by atoms with van der Waals surface area (Å²) in [5, 5.41) is 11.0. The lowest BCUT2D eigenvalue weighted by atomic mass is 9.96. The summed E-state index contributed by atoms with van der Waals surface area (Å²) >= 11 is 0. The van der Waals surface area contributed by atoms with Gasteiger partial charge in [-0.25, -0.2) is 0 Å². The third-order valence-electron chi connectivity index (χ3n) is 7.64. The first kappa shape index (κ1) is 18.7. The van der Waals surface area contributed by atoms with E-state index in [2.05, 4.69) is 75.4 Å². The number of hydrogen-bond donors (Lipinski definition) is 0. The van der Waals surface area contributed by atoms with Gasteiger partial charge in [0.2, 0.25) is 0 Å². The van der Waals surface area contributed by atoms with Crippen LogP contribution in [0.4, 0.5) is 0 Å². The van der Waals surface area contributed by atoms with Crippen LogP contribution in [-0.2, 0) is 0 Å². The second kappa shape index (κ2) is 6.73. The fourth-order valence-electron chi connectivity index (χ4n) is 5.50. The van der Waals surface area contributed by atoms with Crippen molar-refractivity contribution in [3.8, 4) is 0 Å². The molecule has 0 atom stereocenters. The van der Waals surface area contributed by atoms with Crippen molar-refractivity contribution in [3.63, 3.8) is 0 Å². The Morgan fingerprint density at radius 2 is 1.10 bits per heavy atom. The van der Waals surface area contributed by atoms with Crippen LogP contribution < -0.4 is 5.38 Å². The summed E-state index contributed by atoms with van der Waals surface area (Å²) < 4.78 is 12.4. The van der Waals surface area contributed by atoms with Gasteiger partial charge < -0.3 is 8.83 Å². The molecule has 31 heavy (non-hydrogen) atoms. The van der Waals surface area contributed by atoms with E-state index in [1.807, 2.05) is 6.07 Å². The smallest absolute Gasteiger partial charge is 0.141 e. The van der Waals surface area contributed by atoms with Crippen LogP contribution >= 0.6 is 0 Å². The zero-order valence-electron chi connectivity index (χ0n) is 18.3. The van der Waals surface area contributed by atoms with Crippen molar-refractivity contribution < 1.29 is 8.83 Å². The maximum Gasteiger partial charge on any atom is 0.141 e. The molecule has 2 nitrogen and oxygen atoms in total. The lowest BCUT2D eigenvalue weighted by Crippen LogP contribution is -2.44. The van der Waals surface area contributed by atoms with Gasteiger partial charge in [0.1, 0.15) is 19.2 Å². The van der Waals surface area contributed by atoms with Crippen LogP contribution in [0.2, 0.25) is 18.1 Å². The molecular formula is C28H26O2Si.